The predicted molar refractivity (Wildman–Crippen MR) is 81.6 cm³/mol. The molecule has 0 amide bonds. The number of nitrogens with one attached hydrogen (secondary N) is 1. The molecule has 1 heterocycles. The van der Waals surface area contributed by atoms with Crippen molar-refractivity contribution in [2.75, 3.05) is 10.8 Å². The molecule has 0 unspecified atom stereocenters. The fourth-order valence-corrected chi connectivity index (χ4v) is 4.05. The van der Waals surface area contributed by atoms with E-state index in [2.05, 4.69) is 10.2 Å². The molecule has 1 aromatic heterocycles. The molecule has 0 bridgehead atoms. The van der Waals surface area contributed by atoms with Gasteiger partial charge in [-0.25, -0.2) is 8.42 Å². The van der Waals surface area contributed by atoms with Crippen LogP contribution in [-0.2, 0) is 10.0 Å². The van der Waals surface area contributed by atoms with Gasteiger partial charge in [0.15, 0.2) is 0 Å². The van der Waals surface area contributed by atoms with Crippen LogP contribution in [0.1, 0.15) is 24.8 Å². The van der Waals surface area contributed by atoms with Crippen LogP contribution in [0.5, 0.6) is 0 Å². The van der Waals surface area contributed by atoms with Crippen molar-refractivity contribution in [3.8, 4) is 6.07 Å². The van der Waals surface area contributed by atoms with Crippen LogP contribution in [0.2, 0.25) is 0 Å². The summed E-state index contributed by atoms with van der Waals surface area (Å²) >= 11 is 0. The molecule has 0 atom stereocenters. The fraction of sp³-hybridized carbons (Fsp3) is 0.333. The number of aromatic nitrogens is 2. The Morgan fingerprint density at radius 2 is 2.23 bits per heavy atom. The van der Waals surface area contributed by atoms with Crippen molar-refractivity contribution >= 4 is 15.7 Å². The SMILES string of the molecule is N#Cc1cccc(S(=O)(=O)N(CC2CCC2)c2cn[nH]c2)c1. The Morgan fingerprint density at radius 3 is 2.82 bits per heavy atom. The maximum atomic E-state index is 12.9. The summed E-state index contributed by atoms with van der Waals surface area (Å²) in [6.07, 6.45) is 6.31. The Bertz CT molecular complexity index is 789. The highest BCUT2D eigenvalue weighted by Crippen LogP contribution is 2.31. The summed E-state index contributed by atoms with van der Waals surface area (Å²) in [5, 5.41) is 15.5. The van der Waals surface area contributed by atoms with Gasteiger partial charge in [0.2, 0.25) is 0 Å². The van der Waals surface area contributed by atoms with Gasteiger partial charge < -0.3 is 0 Å². The van der Waals surface area contributed by atoms with Gasteiger partial charge in [0, 0.05) is 12.7 Å². The lowest BCUT2D eigenvalue weighted by Gasteiger charge is -2.32. The van der Waals surface area contributed by atoms with E-state index in [4.69, 9.17) is 5.26 Å². The number of H-pyrrole nitrogens is 1. The van der Waals surface area contributed by atoms with Crippen LogP contribution in [-0.4, -0.2) is 25.2 Å². The lowest BCUT2D eigenvalue weighted by atomic mass is 9.85. The number of benzene rings is 1. The zero-order valence-corrected chi connectivity index (χ0v) is 12.8. The fourth-order valence-electron chi connectivity index (χ4n) is 2.49. The monoisotopic (exact) mass is 316 g/mol. The molecule has 7 heteroatoms. The van der Waals surface area contributed by atoms with E-state index in [-0.39, 0.29) is 4.90 Å². The molecule has 0 saturated heterocycles. The van der Waals surface area contributed by atoms with E-state index < -0.39 is 10.0 Å². The Kier molecular flexibility index (Phi) is 3.86. The second-order valence-electron chi connectivity index (χ2n) is 5.43. The van der Waals surface area contributed by atoms with Crippen molar-refractivity contribution in [3.05, 3.63) is 42.2 Å². The molecule has 3 rings (SSSR count). The topological polar surface area (TPSA) is 89.8 Å². The minimum Gasteiger partial charge on any atom is -0.284 e. The summed E-state index contributed by atoms with van der Waals surface area (Å²) < 4.78 is 27.3. The summed E-state index contributed by atoms with van der Waals surface area (Å²) in [7, 11) is -3.71. The molecule has 22 heavy (non-hydrogen) atoms. The molecular formula is C15H16N4O2S. The first kappa shape index (κ1) is 14.6. The van der Waals surface area contributed by atoms with Crippen LogP contribution in [0.15, 0.2) is 41.6 Å². The first-order chi connectivity index (χ1) is 10.6. The lowest BCUT2D eigenvalue weighted by molar-refractivity contribution is 0.326. The molecule has 0 radical (unpaired) electrons. The number of sulfonamides is 1. The van der Waals surface area contributed by atoms with Gasteiger partial charge in [0.1, 0.15) is 0 Å². The Labute approximate surface area is 129 Å². The molecule has 2 aromatic rings. The Hall–Kier alpha value is -2.33. The predicted octanol–water partition coefficient (Wildman–Crippen LogP) is 2.28. The molecule has 1 aromatic carbocycles. The standard InChI is InChI=1S/C15H16N4O2S/c16-8-13-5-2-6-15(7-13)22(20,21)19(11-12-3-1-4-12)14-9-17-18-10-14/h2,5-7,9-10,12H,1,3-4,11H2,(H,17,18). The van der Waals surface area contributed by atoms with Crippen LogP contribution in [0.4, 0.5) is 5.69 Å². The number of hydrogen-bond acceptors (Lipinski definition) is 4. The maximum absolute atomic E-state index is 12.9. The highest BCUT2D eigenvalue weighted by atomic mass is 32.2. The minimum absolute atomic E-state index is 0.132. The van der Waals surface area contributed by atoms with Gasteiger partial charge in [-0.2, -0.15) is 10.4 Å². The summed E-state index contributed by atoms with van der Waals surface area (Å²) in [5.74, 6) is 0.379. The lowest BCUT2D eigenvalue weighted by Crippen LogP contribution is -2.37. The molecule has 0 aliphatic heterocycles. The first-order valence-corrected chi connectivity index (χ1v) is 8.57. The number of aromatic amines is 1. The first-order valence-electron chi connectivity index (χ1n) is 7.13. The Balaban J connectivity index is 1.99. The van der Waals surface area contributed by atoms with Gasteiger partial charge >= 0.3 is 0 Å². The molecule has 0 spiro atoms. The van der Waals surface area contributed by atoms with Crippen LogP contribution in [0.3, 0.4) is 0 Å². The average molecular weight is 316 g/mol. The van der Waals surface area contributed by atoms with Crippen molar-refractivity contribution in [3.63, 3.8) is 0 Å². The molecule has 6 nitrogen and oxygen atoms in total. The van der Waals surface area contributed by atoms with Crippen molar-refractivity contribution < 1.29 is 8.42 Å². The molecule has 1 aliphatic rings. The third-order valence-electron chi connectivity index (χ3n) is 3.97. The van der Waals surface area contributed by atoms with E-state index in [1.54, 1.807) is 18.3 Å². The van der Waals surface area contributed by atoms with E-state index in [9.17, 15) is 8.42 Å². The van der Waals surface area contributed by atoms with E-state index >= 15 is 0 Å². The highest BCUT2D eigenvalue weighted by molar-refractivity contribution is 7.92. The van der Waals surface area contributed by atoms with E-state index in [0.29, 0.717) is 23.7 Å². The van der Waals surface area contributed by atoms with Gasteiger partial charge in [0.05, 0.1) is 28.4 Å². The second-order valence-corrected chi connectivity index (χ2v) is 7.29. The maximum Gasteiger partial charge on any atom is 0.264 e. The normalized spacial score (nSPS) is 15.0. The number of nitriles is 1. The van der Waals surface area contributed by atoms with Crippen LogP contribution < -0.4 is 4.31 Å². The van der Waals surface area contributed by atoms with Crippen molar-refractivity contribution in [2.24, 2.45) is 5.92 Å². The second kappa shape index (κ2) is 5.81. The number of nitrogens with zero attached hydrogens (tertiary/aromatic N) is 3. The summed E-state index contributed by atoms with van der Waals surface area (Å²) in [5.41, 5.74) is 0.853. The van der Waals surface area contributed by atoms with Crippen molar-refractivity contribution in [1.29, 1.82) is 5.26 Å². The third-order valence-corrected chi connectivity index (χ3v) is 5.76. The van der Waals surface area contributed by atoms with Crippen molar-refractivity contribution in [1.82, 2.24) is 10.2 Å². The third kappa shape index (κ3) is 2.70. The molecule has 1 saturated carbocycles. The quantitative estimate of drug-likeness (QED) is 0.916. The van der Waals surface area contributed by atoms with Crippen LogP contribution >= 0.6 is 0 Å². The van der Waals surface area contributed by atoms with Crippen LogP contribution in [0, 0.1) is 17.2 Å². The molecular weight excluding hydrogens is 300 g/mol. The molecule has 1 aliphatic carbocycles. The van der Waals surface area contributed by atoms with Gasteiger partial charge in [0.25, 0.3) is 10.0 Å². The van der Waals surface area contributed by atoms with E-state index in [1.165, 1.54) is 22.6 Å². The summed E-state index contributed by atoms with van der Waals surface area (Å²) in [6.45, 7) is 0.443. The van der Waals surface area contributed by atoms with Gasteiger partial charge in [-0.3, -0.25) is 9.40 Å². The smallest absolute Gasteiger partial charge is 0.264 e. The highest BCUT2D eigenvalue weighted by Gasteiger charge is 2.30. The van der Waals surface area contributed by atoms with Crippen LogP contribution in [0.25, 0.3) is 0 Å². The largest absolute Gasteiger partial charge is 0.284 e. The molecule has 114 valence electrons. The molecule has 1 fully saturated rings. The van der Waals surface area contributed by atoms with Gasteiger partial charge in [-0.05, 0) is 37.0 Å². The van der Waals surface area contributed by atoms with Gasteiger partial charge in [-0.1, -0.05) is 12.5 Å². The summed E-state index contributed by atoms with van der Waals surface area (Å²) in [4.78, 5) is 0.132. The zero-order chi connectivity index (χ0) is 15.6. The number of hydrogen-bond donors (Lipinski definition) is 1. The van der Waals surface area contributed by atoms with E-state index in [1.807, 2.05) is 6.07 Å². The number of anilines is 1. The van der Waals surface area contributed by atoms with Crippen molar-refractivity contribution in [2.45, 2.75) is 24.2 Å². The Morgan fingerprint density at radius 1 is 1.41 bits per heavy atom. The van der Waals surface area contributed by atoms with Gasteiger partial charge in [-0.15, -0.1) is 0 Å². The zero-order valence-electron chi connectivity index (χ0n) is 11.9. The average Bonchev–Trinajstić information content (AvgIpc) is 2.99. The number of rotatable bonds is 5. The minimum atomic E-state index is -3.71. The van der Waals surface area contributed by atoms with E-state index in [0.717, 1.165) is 19.3 Å². The molecule has 1 N–H and O–H groups in total. The summed E-state index contributed by atoms with van der Waals surface area (Å²) in [6, 6.07) is 8.07.